The Morgan fingerprint density at radius 2 is 1.52 bits per heavy atom. The standard InChI is InChI=1S/C21H18N2S2/c1-3-9-16(10-4-1)15-19(17-11-5-2-6-12-17)23-25-21-22-18-13-7-8-14-20(18)24-21/h1-14,19,23H,15H2. The smallest absolute Gasteiger partial charge is 0.166 e. The monoisotopic (exact) mass is 362 g/mol. The van der Waals surface area contributed by atoms with Crippen LogP contribution < -0.4 is 4.72 Å². The van der Waals surface area contributed by atoms with Crippen LogP contribution >= 0.6 is 23.3 Å². The molecule has 124 valence electrons. The van der Waals surface area contributed by atoms with E-state index in [9.17, 15) is 0 Å². The summed E-state index contributed by atoms with van der Waals surface area (Å²) in [7, 11) is 0. The lowest BCUT2D eigenvalue weighted by Gasteiger charge is -2.18. The zero-order valence-electron chi connectivity index (χ0n) is 13.6. The first-order valence-corrected chi connectivity index (χ1v) is 9.88. The van der Waals surface area contributed by atoms with E-state index >= 15 is 0 Å². The van der Waals surface area contributed by atoms with Gasteiger partial charge in [-0.05, 0) is 41.6 Å². The topological polar surface area (TPSA) is 24.9 Å². The van der Waals surface area contributed by atoms with Gasteiger partial charge < -0.3 is 0 Å². The Morgan fingerprint density at radius 3 is 2.28 bits per heavy atom. The lowest BCUT2D eigenvalue weighted by atomic mass is 10.00. The summed E-state index contributed by atoms with van der Waals surface area (Å²) < 4.78 is 5.91. The van der Waals surface area contributed by atoms with E-state index in [1.807, 2.05) is 6.07 Å². The van der Waals surface area contributed by atoms with Crippen molar-refractivity contribution in [2.45, 2.75) is 16.8 Å². The van der Waals surface area contributed by atoms with Gasteiger partial charge in [0.1, 0.15) is 0 Å². The first-order chi connectivity index (χ1) is 12.4. The van der Waals surface area contributed by atoms with E-state index in [1.54, 1.807) is 23.3 Å². The molecule has 0 bridgehead atoms. The summed E-state index contributed by atoms with van der Waals surface area (Å²) in [5.74, 6) is 0. The molecule has 4 heteroatoms. The van der Waals surface area contributed by atoms with Crippen molar-refractivity contribution in [1.82, 2.24) is 9.71 Å². The van der Waals surface area contributed by atoms with Crippen molar-refractivity contribution in [3.8, 4) is 0 Å². The third-order valence-electron chi connectivity index (χ3n) is 4.05. The number of nitrogens with one attached hydrogen (secondary N) is 1. The Morgan fingerprint density at radius 1 is 0.840 bits per heavy atom. The molecule has 1 unspecified atom stereocenters. The van der Waals surface area contributed by atoms with Gasteiger partial charge in [-0.1, -0.05) is 72.8 Å². The van der Waals surface area contributed by atoms with E-state index in [4.69, 9.17) is 4.98 Å². The quantitative estimate of drug-likeness (QED) is 0.434. The van der Waals surface area contributed by atoms with Crippen LogP contribution in [0.2, 0.25) is 0 Å². The SMILES string of the molecule is c1ccc(CC(NSc2nc3ccccc3s2)c2ccccc2)cc1. The van der Waals surface area contributed by atoms with E-state index in [0.717, 1.165) is 16.3 Å². The van der Waals surface area contributed by atoms with Crippen LogP contribution in [0, 0.1) is 0 Å². The van der Waals surface area contributed by atoms with E-state index < -0.39 is 0 Å². The van der Waals surface area contributed by atoms with Crippen molar-refractivity contribution in [2.75, 3.05) is 0 Å². The Hall–Kier alpha value is -2.14. The van der Waals surface area contributed by atoms with Crippen LogP contribution in [0.5, 0.6) is 0 Å². The fraction of sp³-hybridized carbons (Fsp3) is 0.0952. The number of thiazole rings is 1. The third kappa shape index (κ3) is 4.10. The van der Waals surface area contributed by atoms with Gasteiger partial charge in [0.2, 0.25) is 0 Å². The average molecular weight is 363 g/mol. The molecule has 0 aliphatic rings. The largest absolute Gasteiger partial charge is 0.250 e. The zero-order valence-corrected chi connectivity index (χ0v) is 15.3. The Kier molecular flexibility index (Phi) is 5.11. The molecule has 0 fully saturated rings. The first kappa shape index (κ1) is 16.3. The lowest BCUT2D eigenvalue weighted by molar-refractivity contribution is 0.672. The molecule has 0 aliphatic heterocycles. The van der Waals surface area contributed by atoms with Crippen LogP contribution in [0.3, 0.4) is 0 Å². The molecule has 0 saturated heterocycles. The predicted molar refractivity (Wildman–Crippen MR) is 108 cm³/mol. The highest BCUT2D eigenvalue weighted by Gasteiger charge is 2.13. The number of hydrogen-bond donors (Lipinski definition) is 1. The van der Waals surface area contributed by atoms with Gasteiger partial charge in [-0.2, -0.15) is 0 Å². The first-order valence-electron chi connectivity index (χ1n) is 8.25. The highest BCUT2D eigenvalue weighted by Crippen LogP contribution is 2.30. The molecule has 1 atom stereocenters. The summed E-state index contributed by atoms with van der Waals surface area (Å²) in [4.78, 5) is 4.70. The maximum Gasteiger partial charge on any atom is 0.166 e. The van der Waals surface area contributed by atoms with Gasteiger partial charge in [0.25, 0.3) is 0 Å². The second kappa shape index (κ2) is 7.83. The highest BCUT2D eigenvalue weighted by atomic mass is 32.2. The minimum Gasteiger partial charge on any atom is -0.250 e. The number of rotatable bonds is 6. The minimum atomic E-state index is 0.237. The average Bonchev–Trinajstić information content (AvgIpc) is 3.09. The van der Waals surface area contributed by atoms with Gasteiger partial charge in [0, 0.05) is 6.04 Å². The Balaban J connectivity index is 1.53. The summed E-state index contributed by atoms with van der Waals surface area (Å²) in [6.07, 6.45) is 0.947. The van der Waals surface area contributed by atoms with Crippen LogP contribution in [0.25, 0.3) is 10.2 Å². The maximum absolute atomic E-state index is 4.70. The van der Waals surface area contributed by atoms with Crippen molar-refractivity contribution in [3.05, 3.63) is 96.1 Å². The van der Waals surface area contributed by atoms with Gasteiger partial charge in [-0.3, -0.25) is 4.72 Å². The van der Waals surface area contributed by atoms with Gasteiger partial charge in [0.05, 0.1) is 10.2 Å². The number of aromatic nitrogens is 1. The van der Waals surface area contributed by atoms with Crippen molar-refractivity contribution >= 4 is 33.5 Å². The molecule has 1 N–H and O–H groups in total. The van der Waals surface area contributed by atoms with Crippen molar-refractivity contribution in [1.29, 1.82) is 0 Å². The second-order valence-corrected chi connectivity index (χ2v) is 7.94. The van der Waals surface area contributed by atoms with Crippen molar-refractivity contribution < 1.29 is 0 Å². The van der Waals surface area contributed by atoms with Gasteiger partial charge in [-0.15, -0.1) is 11.3 Å². The molecule has 25 heavy (non-hydrogen) atoms. The van der Waals surface area contributed by atoms with Crippen LogP contribution in [0.15, 0.2) is 89.3 Å². The molecule has 0 amide bonds. The number of nitrogens with zero attached hydrogens (tertiary/aromatic N) is 1. The fourth-order valence-electron chi connectivity index (χ4n) is 2.78. The summed E-state index contributed by atoms with van der Waals surface area (Å²) in [6.45, 7) is 0. The summed E-state index contributed by atoms with van der Waals surface area (Å²) >= 11 is 3.36. The number of para-hydroxylation sites is 1. The molecule has 0 saturated carbocycles. The molecule has 0 radical (unpaired) electrons. The zero-order chi connectivity index (χ0) is 16.9. The van der Waals surface area contributed by atoms with E-state index in [1.165, 1.54) is 15.8 Å². The third-order valence-corrected chi connectivity index (χ3v) is 6.05. The molecule has 4 rings (SSSR count). The van der Waals surface area contributed by atoms with Gasteiger partial charge in [0.15, 0.2) is 4.34 Å². The number of fused-ring (bicyclic) bond motifs is 1. The Labute approximate surface area is 156 Å². The van der Waals surface area contributed by atoms with Crippen LogP contribution in [0.4, 0.5) is 0 Å². The molecule has 4 aromatic rings. The fourth-order valence-corrected chi connectivity index (χ4v) is 4.66. The number of benzene rings is 3. The van der Waals surface area contributed by atoms with Crippen LogP contribution in [-0.4, -0.2) is 4.98 Å². The summed E-state index contributed by atoms with van der Waals surface area (Å²) in [5.41, 5.74) is 3.69. The molecule has 3 aromatic carbocycles. The molecule has 0 aliphatic carbocycles. The van der Waals surface area contributed by atoms with E-state index in [-0.39, 0.29) is 6.04 Å². The van der Waals surface area contributed by atoms with Crippen molar-refractivity contribution in [2.24, 2.45) is 0 Å². The lowest BCUT2D eigenvalue weighted by Crippen LogP contribution is -2.16. The van der Waals surface area contributed by atoms with Gasteiger partial charge in [-0.25, -0.2) is 4.98 Å². The Bertz CT molecular complexity index is 903. The summed E-state index contributed by atoms with van der Waals surface area (Å²) in [5, 5.41) is 0. The molecule has 0 spiro atoms. The van der Waals surface area contributed by atoms with Gasteiger partial charge >= 0.3 is 0 Å². The normalized spacial score (nSPS) is 12.3. The van der Waals surface area contributed by atoms with E-state index in [0.29, 0.717) is 0 Å². The molecular formula is C21H18N2S2. The van der Waals surface area contributed by atoms with Crippen LogP contribution in [-0.2, 0) is 6.42 Å². The molecule has 1 aromatic heterocycles. The molecule has 1 heterocycles. The molecule has 2 nitrogen and oxygen atoms in total. The molecular weight excluding hydrogens is 344 g/mol. The minimum absolute atomic E-state index is 0.237. The maximum atomic E-state index is 4.70. The predicted octanol–water partition coefficient (Wildman–Crippen LogP) is 5.88. The van der Waals surface area contributed by atoms with E-state index in [2.05, 4.69) is 83.6 Å². The van der Waals surface area contributed by atoms with Crippen LogP contribution in [0.1, 0.15) is 17.2 Å². The summed E-state index contributed by atoms with van der Waals surface area (Å²) in [6, 6.07) is 29.7. The second-order valence-electron chi connectivity index (χ2n) is 5.82. The van der Waals surface area contributed by atoms with Crippen molar-refractivity contribution in [3.63, 3.8) is 0 Å². The number of hydrogen-bond acceptors (Lipinski definition) is 4. The highest BCUT2D eigenvalue weighted by molar-refractivity contribution is 7.99.